The molecule has 0 aliphatic carbocycles. The van der Waals surface area contributed by atoms with Gasteiger partial charge in [0.05, 0.1) is 18.5 Å². The first-order valence-electron chi connectivity index (χ1n) is 5.34. The summed E-state index contributed by atoms with van der Waals surface area (Å²) in [6.07, 6.45) is 6.07. The van der Waals surface area contributed by atoms with E-state index in [1.165, 1.54) is 6.26 Å². The lowest BCUT2D eigenvalue weighted by Gasteiger charge is -2.27. The van der Waals surface area contributed by atoms with Gasteiger partial charge in [-0.1, -0.05) is 6.58 Å². The number of ether oxygens (including phenoxy) is 2. The Bertz CT molecular complexity index is 217. The fourth-order valence-corrected chi connectivity index (χ4v) is 2.51. The Balaban J connectivity index is 2.01. The highest BCUT2D eigenvalue weighted by atomic mass is 16.6. The maximum atomic E-state index is 9.73. The first-order valence-corrected chi connectivity index (χ1v) is 5.34. The molecule has 2 saturated heterocycles. The predicted octanol–water partition coefficient (Wildman–Crippen LogP) is 1.61. The molecule has 3 nitrogen and oxygen atoms in total. The molecule has 80 valence electrons. The van der Waals surface area contributed by atoms with Gasteiger partial charge in [-0.3, -0.25) is 0 Å². The van der Waals surface area contributed by atoms with E-state index < -0.39 is 0 Å². The van der Waals surface area contributed by atoms with Gasteiger partial charge in [0, 0.05) is 0 Å². The number of aliphatic hydroxyl groups is 1. The quantitative estimate of drug-likeness (QED) is 0.700. The van der Waals surface area contributed by atoms with Crippen LogP contribution in [0.1, 0.15) is 32.1 Å². The molecular formula is C11H18O3. The van der Waals surface area contributed by atoms with Crippen LogP contribution in [0.25, 0.3) is 0 Å². The van der Waals surface area contributed by atoms with Crippen LogP contribution in [-0.2, 0) is 9.47 Å². The van der Waals surface area contributed by atoms with Crippen molar-refractivity contribution in [2.24, 2.45) is 0 Å². The third-order valence-electron chi connectivity index (χ3n) is 3.31. The Hall–Kier alpha value is -0.540. The van der Waals surface area contributed by atoms with Crippen molar-refractivity contribution >= 4 is 0 Å². The Kier molecular flexibility index (Phi) is 2.79. The number of hydrogen-bond acceptors (Lipinski definition) is 3. The second-order valence-electron chi connectivity index (χ2n) is 4.32. The Morgan fingerprint density at radius 1 is 1.50 bits per heavy atom. The van der Waals surface area contributed by atoms with E-state index in [1.54, 1.807) is 0 Å². The highest BCUT2D eigenvalue weighted by molar-refractivity contribution is 4.94. The second kappa shape index (κ2) is 3.91. The molecule has 3 atom stereocenters. The van der Waals surface area contributed by atoms with Crippen molar-refractivity contribution in [2.45, 2.75) is 49.9 Å². The normalized spacial score (nSPS) is 41.8. The number of fused-ring (bicyclic) bond motifs is 2. The second-order valence-corrected chi connectivity index (χ2v) is 4.32. The molecule has 3 heteroatoms. The zero-order valence-electron chi connectivity index (χ0n) is 8.45. The molecule has 0 aromatic carbocycles. The minimum absolute atomic E-state index is 0.0333. The molecule has 2 bridgehead atoms. The number of aliphatic hydroxyl groups excluding tert-OH is 1. The van der Waals surface area contributed by atoms with Gasteiger partial charge in [0.25, 0.3) is 0 Å². The van der Waals surface area contributed by atoms with E-state index in [2.05, 4.69) is 6.58 Å². The van der Waals surface area contributed by atoms with Gasteiger partial charge in [-0.2, -0.15) is 0 Å². The SMILES string of the molecule is C=COCC12CCCC(O)C(CC1)O2. The third-order valence-corrected chi connectivity index (χ3v) is 3.31. The lowest BCUT2D eigenvalue weighted by atomic mass is 9.90. The van der Waals surface area contributed by atoms with Gasteiger partial charge in [-0.25, -0.2) is 0 Å². The maximum Gasteiger partial charge on any atom is 0.116 e. The van der Waals surface area contributed by atoms with Crippen LogP contribution < -0.4 is 0 Å². The molecule has 2 aliphatic heterocycles. The fourth-order valence-electron chi connectivity index (χ4n) is 2.51. The van der Waals surface area contributed by atoms with Crippen molar-refractivity contribution in [3.8, 4) is 0 Å². The molecule has 0 aromatic heterocycles. The zero-order valence-corrected chi connectivity index (χ0v) is 8.45. The third kappa shape index (κ3) is 1.79. The molecule has 2 aliphatic rings. The maximum absolute atomic E-state index is 9.73. The topological polar surface area (TPSA) is 38.7 Å². The highest BCUT2D eigenvalue weighted by Gasteiger charge is 2.45. The van der Waals surface area contributed by atoms with E-state index in [1.807, 2.05) is 0 Å². The van der Waals surface area contributed by atoms with Crippen molar-refractivity contribution in [2.75, 3.05) is 6.61 Å². The predicted molar refractivity (Wildman–Crippen MR) is 52.8 cm³/mol. The summed E-state index contributed by atoms with van der Waals surface area (Å²) in [5.41, 5.74) is -0.143. The summed E-state index contributed by atoms with van der Waals surface area (Å²) in [6.45, 7) is 4.12. The van der Waals surface area contributed by atoms with E-state index >= 15 is 0 Å². The summed E-state index contributed by atoms with van der Waals surface area (Å²) in [4.78, 5) is 0. The molecule has 2 rings (SSSR count). The van der Waals surface area contributed by atoms with Crippen LogP contribution in [0.15, 0.2) is 12.8 Å². The van der Waals surface area contributed by atoms with E-state index in [9.17, 15) is 5.11 Å². The summed E-state index contributed by atoms with van der Waals surface area (Å²) >= 11 is 0. The van der Waals surface area contributed by atoms with Crippen LogP contribution in [0.3, 0.4) is 0 Å². The van der Waals surface area contributed by atoms with Crippen molar-refractivity contribution in [3.63, 3.8) is 0 Å². The first kappa shape index (κ1) is 9.99. The Morgan fingerprint density at radius 2 is 2.36 bits per heavy atom. The minimum atomic E-state index is -0.275. The van der Waals surface area contributed by atoms with Crippen LogP contribution in [0.4, 0.5) is 0 Å². The Labute approximate surface area is 84.7 Å². The zero-order chi connectivity index (χ0) is 10.0. The van der Waals surface area contributed by atoms with Gasteiger partial charge in [0.15, 0.2) is 0 Å². The molecule has 0 spiro atoms. The largest absolute Gasteiger partial charge is 0.499 e. The van der Waals surface area contributed by atoms with E-state index in [0.717, 1.165) is 32.1 Å². The molecule has 3 unspecified atom stereocenters. The van der Waals surface area contributed by atoms with Crippen molar-refractivity contribution in [3.05, 3.63) is 12.8 Å². The Morgan fingerprint density at radius 3 is 3.14 bits per heavy atom. The van der Waals surface area contributed by atoms with Gasteiger partial charge < -0.3 is 14.6 Å². The van der Waals surface area contributed by atoms with Gasteiger partial charge in [0.2, 0.25) is 0 Å². The van der Waals surface area contributed by atoms with Crippen molar-refractivity contribution < 1.29 is 14.6 Å². The van der Waals surface area contributed by atoms with Gasteiger partial charge in [-0.15, -0.1) is 0 Å². The molecule has 2 fully saturated rings. The fraction of sp³-hybridized carbons (Fsp3) is 0.818. The first-order chi connectivity index (χ1) is 6.76. The summed E-state index contributed by atoms with van der Waals surface area (Å²) in [6, 6.07) is 0. The monoisotopic (exact) mass is 198 g/mol. The minimum Gasteiger partial charge on any atom is -0.499 e. The molecule has 0 radical (unpaired) electrons. The van der Waals surface area contributed by atoms with Gasteiger partial charge in [0.1, 0.15) is 12.2 Å². The molecule has 0 saturated carbocycles. The average Bonchev–Trinajstić information content (AvgIpc) is 2.52. The highest BCUT2D eigenvalue weighted by Crippen LogP contribution is 2.40. The van der Waals surface area contributed by atoms with Gasteiger partial charge in [-0.05, 0) is 32.1 Å². The molecule has 1 N–H and O–H groups in total. The summed E-state index contributed by atoms with van der Waals surface area (Å²) in [5, 5.41) is 9.73. The van der Waals surface area contributed by atoms with Crippen LogP contribution in [0, 0.1) is 0 Å². The average molecular weight is 198 g/mol. The van der Waals surface area contributed by atoms with Gasteiger partial charge >= 0.3 is 0 Å². The lowest BCUT2D eigenvalue weighted by Crippen LogP contribution is -2.34. The van der Waals surface area contributed by atoms with Crippen LogP contribution >= 0.6 is 0 Å². The summed E-state index contributed by atoms with van der Waals surface area (Å²) in [7, 11) is 0. The van der Waals surface area contributed by atoms with E-state index in [0.29, 0.717) is 6.61 Å². The van der Waals surface area contributed by atoms with Crippen LogP contribution in [0.5, 0.6) is 0 Å². The molecule has 2 heterocycles. The van der Waals surface area contributed by atoms with Crippen LogP contribution in [0.2, 0.25) is 0 Å². The molecule has 14 heavy (non-hydrogen) atoms. The summed E-state index contributed by atoms with van der Waals surface area (Å²) < 4.78 is 11.1. The standard InChI is InChI=1S/C11H18O3/c1-2-13-8-11-6-3-4-9(12)10(14-11)5-7-11/h2,9-10,12H,1,3-8H2. The summed E-state index contributed by atoms with van der Waals surface area (Å²) in [5.74, 6) is 0. The van der Waals surface area contributed by atoms with Crippen LogP contribution in [-0.4, -0.2) is 29.5 Å². The number of hydrogen-bond donors (Lipinski definition) is 1. The van der Waals surface area contributed by atoms with Crippen molar-refractivity contribution in [1.82, 2.24) is 0 Å². The molecular weight excluding hydrogens is 180 g/mol. The van der Waals surface area contributed by atoms with E-state index in [-0.39, 0.29) is 17.8 Å². The molecule has 0 aromatic rings. The van der Waals surface area contributed by atoms with E-state index in [4.69, 9.17) is 9.47 Å². The lowest BCUT2D eigenvalue weighted by molar-refractivity contribution is -0.0985. The number of rotatable bonds is 3. The smallest absolute Gasteiger partial charge is 0.116 e. The van der Waals surface area contributed by atoms with Crippen molar-refractivity contribution in [1.29, 1.82) is 0 Å². The molecule has 0 amide bonds.